The van der Waals surface area contributed by atoms with E-state index in [0.717, 1.165) is 0 Å². The number of nitrogens with one attached hydrogen (secondary N) is 1. The first kappa shape index (κ1) is 52.4. The summed E-state index contributed by atoms with van der Waals surface area (Å²) in [5.41, 5.74) is -5.47. The van der Waals surface area contributed by atoms with E-state index in [4.69, 9.17) is 33.5 Å². The second kappa shape index (κ2) is 21.1. The Morgan fingerprint density at radius 3 is 1.94 bits per heavy atom. The van der Waals surface area contributed by atoms with Crippen LogP contribution in [0.5, 0.6) is 0 Å². The number of carboxylic acids is 1. The van der Waals surface area contributed by atoms with Gasteiger partial charge in [-0.15, -0.1) is 0 Å². The molecular formula is C54H63NO16. The number of benzene rings is 3. The second-order valence-electron chi connectivity index (χ2n) is 19.9. The predicted octanol–water partition coefficient (Wildman–Crippen LogP) is 6.14. The molecule has 17 nitrogen and oxygen atoms in total. The van der Waals surface area contributed by atoms with Crippen molar-refractivity contribution in [2.75, 3.05) is 6.61 Å². The van der Waals surface area contributed by atoms with E-state index in [2.05, 4.69) is 5.32 Å². The largest absolute Gasteiger partial charge is 0.481 e. The summed E-state index contributed by atoms with van der Waals surface area (Å²) in [7, 11) is 0. The van der Waals surface area contributed by atoms with Crippen LogP contribution in [0, 0.1) is 16.7 Å². The minimum Gasteiger partial charge on any atom is -0.481 e. The number of fused-ring (bicyclic) bond motifs is 5. The van der Waals surface area contributed by atoms with Crippen molar-refractivity contribution in [3.63, 3.8) is 0 Å². The van der Waals surface area contributed by atoms with Gasteiger partial charge in [0.05, 0.1) is 24.2 Å². The molecule has 17 heteroatoms. The van der Waals surface area contributed by atoms with E-state index in [0.29, 0.717) is 29.6 Å². The summed E-state index contributed by atoms with van der Waals surface area (Å²) >= 11 is 0. The zero-order valence-corrected chi connectivity index (χ0v) is 40.8. The maximum Gasteiger partial charge on any atom is 0.350 e. The lowest BCUT2D eigenvalue weighted by Crippen LogP contribution is -2.80. The van der Waals surface area contributed by atoms with E-state index in [1.54, 1.807) is 107 Å². The van der Waals surface area contributed by atoms with Gasteiger partial charge in [0.2, 0.25) is 6.10 Å². The molecule has 1 aliphatic heterocycles. The average Bonchev–Trinajstić information content (AvgIpc) is 3.31. The fraction of sp³-hybridized carbons (Fsp3) is 0.500. The third-order valence-corrected chi connectivity index (χ3v) is 15.1. The molecule has 1 heterocycles. The monoisotopic (exact) mass is 981 g/mol. The molecule has 3 aromatic rings. The summed E-state index contributed by atoms with van der Waals surface area (Å²) in [6, 6.07) is 23.2. The van der Waals surface area contributed by atoms with Crippen molar-refractivity contribution in [2.24, 2.45) is 16.7 Å². The number of unbranched alkanes of at least 4 members (excludes halogenated alkanes) is 2. The lowest BCUT2D eigenvalue weighted by atomic mass is 9.45. The quantitative estimate of drug-likeness (QED) is 0.0513. The molecule has 4 aliphatic rings. The van der Waals surface area contributed by atoms with Crippen LogP contribution in [0.25, 0.3) is 0 Å². The van der Waals surface area contributed by atoms with E-state index < -0.39 is 119 Å². The first-order chi connectivity index (χ1) is 33.6. The molecule has 7 rings (SSSR count). The Bertz CT molecular complexity index is 2510. The van der Waals surface area contributed by atoms with E-state index in [-0.39, 0.29) is 49.8 Å². The molecule has 1 saturated heterocycles. The summed E-state index contributed by atoms with van der Waals surface area (Å²) in [6.07, 6.45) is -8.39. The number of carbonyl (C=O) groups is 7. The highest BCUT2D eigenvalue weighted by molar-refractivity contribution is 5.95. The molecule has 2 saturated carbocycles. The number of carboxylic acid groups (broad SMARTS) is 1. The van der Waals surface area contributed by atoms with Crippen LogP contribution >= 0.6 is 0 Å². The highest BCUT2D eigenvalue weighted by atomic mass is 16.6. The summed E-state index contributed by atoms with van der Waals surface area (Å²) in [5, 5.41) is 38.2. The normalized spacial score (nSPS) is 29.1. The van der Waals surface area contributed by atoms with Gasteiger partial charge in [-0.3, -0.25) is 24.0 Å². The van der Waals surface area contributed by atoms with Crippen LogP contribution in [0.2, 0.25) is 0 Å². The lowest BCUT2D eigenvalue weighted by Gasteiger charge is -2.68. The summed E-state index contributed by atoms with van der Waals surface area (Å²) in [5.74, 6) is -7.08. The summed E-state index contributed by atoms with van der Waals surface area (Å²) in [6.45, 7) is 8.97. The van der Waals surface area contributed by atoms with E-state index >= 15 is 4.79 Å². The van der Waals surface area contributed by atoms with Crippen molar-refractivity contribution in [2.45, 2.75) is 147 Å². The Morgan fingerprint density at radius 1 is 0.761 bits per heavy atom. The minimum atomic E-state index is -2.31. The van der Waals surface area contributed by atoms with Crippen LogP contribution in [-0.2, 0) is 52.4 Å². The van der Waals surface area contributed by atoms with Gasteiger partial charge in [-0.1, -0.05) is 93.9 Å². The number of hydrogen-bond donors (Lipinski definition) is 4. The Morgan fingerprint density at radius 2 is 1.37 bits per heavy atom. The molecule has 3 fully saturated rings. The zero-order chi connectivity index (χ0) is 51.5. The topological polar surface area (TPSA) is 248 Å². The zero-order valence-electron chi connectivity index (χ0n) is 40.8. The van der Waals surface area contributed by atoms with Crippen molar-refractivity contribution in [3.05, 3.63) is 119 Å². The molecule has 380 valence electrons. The number of hydrogen-bond acceptors (Lipinski definition) is 15. The van der Waals surface area contributed by atoms with Crippen molar-refractivity contribution in [1.82, 2.24) is 5.32 Å². The molecule has 1 amide bonds. The molecular weight excluding hydrogens is 919 g/mol. The maximum atomic E-state index is 15.2. The predicted molar refractivity (Wildman–Crippen MR) is 252 cm³/mol. The van der Waals surface area contributed by atoms with Gasteiger partial charge in [0.1, 0.15) is 36.1 Å². The van der Waals surface area contributed by atoms with Gasteiger partial charge < -0.3 is 49.1 Å². The first-order valence-corrected chi connectivity index (χ1v) is 24.0. The summed E-state index contributed by atoms with van der Waals surface area (Å²) < 4.78 is 37.4. The Labute approximate surface area is 412 Å². The molecule has 71 heavy (non-hydrogen) atoms. The molecule has 11 atom stereocenters. The number of carbonyl (C=O) groups excluding carboxylic acids is 6. The molecule has 0 aromatic heterocycles. The molecule has 0 unspecified atom stereocenters. The maximum absolute atomic E-state index is 15.2. The number of aliphatic carboxylic acids is 1. The molecule has 4 N–H and O–H groups in total. The Hall–Kier alpha value is -6.43. The molecule has 0 radical (unpaired) electrons. The fourth-order valence-electron chi connectivity index (χ4n) is 11.5. The van der Waals surface area contributed by atoms with Crippen LogP contribution in [-0.4, -0.2) is 111 Å². The number of amides is 1. The third-order valence-electron chi connectivity index (χ3n) is 15.1. The minimum absolute atomic E-state index is 0.0155. The molecule has 3 aliphatic carbocycles. The van der Waals surface area contributed by atoms with Gasteiger partial charge in [0.25, 0.3) is 5.91 Å². The van der Waals surface area contributed by atoms with Crippen LogP contribution < -0.4 is 5.32 Å². The van der Waals surface area contributed by atoms with Crippen molar-refractivity contribution < 1.29 is 77.3 Å². The number of aliphatic hydroxyl groups excluding tert-OH is 1. The lowest BCUT2D eigenvalue weighted by molar-refractivity contribution is -0.354. The highest BCUT2D eigenvalue weighted by Crippen LogP contribution is 2.65. The molecule has 2 bridgehead atoms. The smallest absolute Gasteiger partial charge is 0.350 e. The van der Waals surface area contributed by atoms with E-state index in [9.17, 15) is 39.0 Å². The Balaban J connectivity index is 1.37. The van der Waals surface area contributed by atoms with Gasteiger partial charge in [0.15, 0.2) is 5.60 Å². The van der Waals surface area contributed by atoms with E-state index in [1.165, 1.54) is 26.0 Å². The van der Waals surface area contributed by atoms with Crippen LogP contribution in [0.1, 0.15) is 125 Å². The van der Waals surface area contributed by atoms with Crippen LogP contribution in [0.15, 0.2) is 102 Å². The molecule has 3 aromatic carbocycles. The standard InChI is InChI=1S/C54H63NO16/c1-31-37(68-50(64)45(69-42(61)26-18-10-17-25-41(59)60)44(34-19-11-7-12-20-34)55-48(62)35-21-13-8-14-22-35)29-54(65)47(70-49(63)36-23-15-9-16-24-36)46-52(6,28-38(67-32(2)56)43(31)51(54,4)5)39(58)27-40-53(46,30-66-40)71-33(3)57/h7-9,11-16,19-24,37-40,44-47,58,65H,10,17-18,25-30H2,1-6H3,(H,55,62)(H,59,60)/t37-,38-,39-,40+,44+,45-,46-,47-,52+,53-,54+/m0/s1. The first-order valence-electron chi connectivity index (χ1n) is 24.0. The van der Waals surface area contributed by atoms with E-state index in [1.807, 2.05) is 0 Å². The SMILES string of the molecule is CC(=O)O[C@H]1C[C@]2(C)[C@@H](O)C[C@H]3OC[C@@]3(OC(C)=O)[C@H]2[C@H](OC(=O)c2ccccc2)[C@]2(O)C[C@H](OC(=O)[C@@H](OC(=O)CCCCCC(=O)O)[C@H](NC(=O)c3ccccc3)c3ccccc3)C(C)=C1C2(C)C. The number of aliphatic hydroxyl groups is 2. The van der Waals surface area contributed by atoms with Crippen molar-refractivity contribution >= 4 is 41.7 Å². The third kappa shape index (κ3) is 10.5. The molecule has 0 spiro atoms. The second-order valence-corrected chi connectivity index (χ2v) is 19.9. The average molecular weight is 982 g/mol. The number of esters is 5. The van der Waals surface area contributed by atoms with Crippen LogP contribution in [0.3, 0.4) is 0 Å². The van der Waals surface area contributed by atoms with Crippen molar-refractivity contribution in [3.8, 4) is 0 Å². The van der Waals surface area contributed by atoms with Gasteiger partial charge >= 0.3 is 35.8 Å². The fourth-order valence-corrected chi connectivity index (χ4v) is 11.5. The number of ether oxygens (including phenoxy) is 6. The Kier molecular flexibility index (Phi) is 15.6. The summed E-state index contributed by atoms with van der Waals surface area (Å²) in [4.78, 5) is 94.9. The van der Waals surface area contributed by atoms with Gasteiger partial charge in [0, 0.05) is 55.9 Å². The number of rotatable bonds is 17. The van der Waals surface area contributed by atoms with Gasteiger partial charge in [-0.25, -0.2) is 9.59 Å². The van der Waals surface area contributed by atoms with Gasteiger partial charge in [-0.05, 0) is 67.2 Å². The van der Waals surface area contributed by atoms with Gasteiger partial charge in [-0.2, -0.15) is 0 Å². The highest BCUT2D eigenvalue weighted by Gasteiger charge is 2.76. The van der Waals surface area contributed by atoms with Crippen LogP contribution in [0.4, 0.5) is 0 Å². The van der Waals surface area contributed by atoms with Crippen molar-refractivity contribution in [1.29, 1.82) is 0 Å².